The summed E-state index contributed by atoms with van der Waals surface area (Å²) in [5.41, 5.74) is 1.46. The van der Waals surface area contributed by atoms with Crippen LogP contribution >= 0.6 is 0 Å². The van der Waals surface area contributed by atoms with E-state index in [1.807, 2.05) is 6.92 Å². The van der Waals surface area contributed by atoms with Crippen molar-refractivity contribution in [2.45, 2.75) is 38.9 Å². The Morgan fingerprint density at radius 3 is 2.64 bits per heavy atom. The van der Waals surface area contributed by atoms with E-state index in [0.29, 0.717) is 12.0 Å². The van der Waals surface area contributed by atoms with E-state index in [-0.39, 0.29) is 13.0 Å². The van der Waals surface area contributed by atoms with Crippen LogP contribution in [0.2, 0.25) is 0 Å². The number of aliphatic hydroxyl groups is 2. The van der Waals surface area contributed by atoms with Crippen molar-refractivity contribution in [1.82, 2.24) is 0 Å². The second-order valence-electron chi connectivity index (χ2n) is 5.82. The Morgan fingerprint density at radius 1 is 1.40 bits per heavy atom. The third kappa shape index (κ3) is 6.32. The lowest BCUT2D eigenvalue weighted by Crippen LogP contribution is -2.37. The summed E-state index contributed by atoms with van der Waals surface area (Å²) in [5.74, 6) is -2.74. The van der Waals surface area contributed by atoms with Crippen LogP contribution in [0.5, 0.6) is 5.75 Å². The molecule has 3 N–H and O–H groups in total. The van der Waals surface area contributed by atoms with Crippen LogP contribution in [0.3, 0.4) is 0 Å². The van der Waals surface area contributed by atoms with E-state index in [1.54, 1.807) is 19.1 Å². The Balaban J connectivity index is 2.67. The number of carbonyl (C=O) groups excluding carboxylic acids is 1. The van der Waals surface area contributed by atoms with Crippen molar-refractivity contribution < 1.29 is 29.2 Å². The second kappa shape index (κ2) is 9.96. The number of aromatic hydroxyl groups is 1. The van der Waals surface area contributed by atoms with Crippen LogP contribution in [-0.2, 0) is 9.53 Å². The summed E-state index contributed by atoms with van der Waals surface area (Å²) in [4.78, 5) is 11.6. The molecular weight excluding hydrogens is 327 g/mol. The molecule has 0 saturated heterocycles. The van der Waals surface area contributed by atoms with Crippen LogP contribution in [0.25, 0.3) is 6.08 Å². The SMILES string of the molecule is C=C[C@H]([C@H](O)CC/C(C)=C/c1ccc(O)c(F)c1)[C@H](O)C(=O)OCC. The van der Waals surface area contributed by atoms with Gasteiger partial charge < -0.3 is 20.1 Å². The Kier molecular flexibility index (Phi) is 8.31. The van der Waals surface area contributed by atoms with Crippen LogP contribution < -0.4 is 0 Å². The first-order valence-corrected chi connectivity index (χ1v) is 8.11. The molecular formula is C19H25FO5. The molecule has 0 fully saturated rings. The molecule has 0 unspecified atom stereocenters. The molecule has 0 aromatic heterocycles. The fourth-order valence-corrected chi connectivity index (χ4v) is 2.42. The molecule has 0 radical (unpaired) electrons. The zero-order chi connectivity index (χ0) is 19.0. The van der Waals surface area contributed by atoms with Gasteiger partial charge in [-0.2, -0.15) is 0 Å². The lowest BCUT2D eigenvalue weighted by atomic mass is 9.91. The van der Waals surface area contributed by atoms with Gasteiger partial charge >= 0.3 is 5.97 Å². The summed E-state index contributed by atoms with van der Waals surface area (Å²) >= 11 is 0. The zero-order valence-electron chi connectivity index (χ0n) is 14.5. The summed E-state index contributed by atoms with van der Waals surface area (Å²) < 4.78 is 18.1. The van der Waals surface area contributed by atoms with Crippen molar-refractivity contribution in [3.8, 4) is 5.75 Å². The van der Waals surface area contributed by atoms with Crippen LogP contribution in [0.4, 0.5) is 4.39 Å². The predicted octanol–water partition coefficient (Wildman–Crippen LogP) is 2.80. The summed E-state index contributed by atoms with van der Waals surface area (Å²) in [5, 5.41) is 29.4. The van der Waals surface area contributed by atoms with Crippen molar-refractivity contribution in [3.05, 3.63) is 47.8 Å². The number of rotatable bonds is 9. The highest BCUT2D eigenvalue weighted by Crippen LogP contribution is 2.22. The highest BCUT2D eigenvalue weighted by Gasteiger charge is 2.30. The van der Waals surface area contributed by atoms with Gasteiger partial charge in [-0.3, -0.25) is 0 Å². The lowest BCUT2D eigenvalue weighted by Gasteiger charge is -2.23. The Morgan fingerprint density at radius 2 is 2.08 bits per heavy atom. The first kappa shape index (κ1) is 20.9. The molecule has 3 atom stereocenters. The first-order valence-electron chi connectivity index (χ1n) is 8.11. The second-order valence-corrected chi connectivity index (χ2v) is 5.82. The summed E-state index contributed by atoms with van der Waals surface area (Å²) in [6.45, 7) is 7.14. The smallest absolute Gasteiger partial charge is 0.335 e. The maximum atomic E-state index is 13.3. The zero-order valence-corrected chi connectivity index (χ0v) is 14.5. The highest BCUT2D eigenvalue weighted by molar-refractivity contribution is 5.75. The normalized spacial score (nSPS) is 15.3. The molecule has 0 saturated carbocycles. The number of allylic oxidation sites excluding steroid dienone is 1. The average molecular weight is 352 g/mol. The minimum Gasteiger partial charge on any atom is -0.505 e. The fourth-order valence-electron chi connectivity index (χ4n) is 2.42. The average Bonchev–Trinajstić information content (AvgIpc) is 2.57. The molecule has 1 aromatic carbocycles. The standard InChI is InChI=1S/C19H25FO5/c1-4-14(18(23)19(24)25-5-2)16(21)8-6-12(3)10-13-7-9-17(22)15(20)11-13/h4,7,9-11,14,16,18,21-23H,1,5-6,8H2,2-3H3/b12-10+/t14-,16-,18+/m1/s1. The third-order valence-electron chi connectivity index (χ3n) is 3.83. The number of carbonyl (C=O) groups is 1. The number of benzene rings is 1. The van der Waals surface area contributed by atoms with Gasteiger partial charge in [0.25, 0.3) is 0 Å². The van der Waals surface area contributed by atoms with Gasteiger partial charge in [-0.05, 0) is 44.4 Å². The highest BCUT2D eigenvalue weighted by atomic mass is 19.1. The van der Waals surface area contributed by atoms with E-state index >= 15 is 0 Å². The number of ether oxygens (including phenoxy) is 1. The number of halogens is 1. The molecule has 6 heteroatoms. The fraction of sp³-hybridized carbons (Fsp3) is 0.421. The van der Waals surface area contributed by atoms with Crippen molar-refractivity contribution in [3.63, 3.8) is 0 Å². The van der Waals surface area contributed by atoms with Gasteiger partial charge in [0.2, 0.25) is 0 Å². The van der Waals surface area contributed by atoms with Gasteiger partial charge in [-0.1, -0.05) is 23.8 Å². The number of hydrogen-bond donors (Lipinski definition) is 3. The van der Waals surface area contributed by atoms with Crippen LogP contribution in [0.15, 0.2) is 36.4 Å². The van der Waals surface area contributed by atoms with Crippen molar-refractivity contribution in [1.29, 1.82) is 0 Å². The van der Waals surface area contributed by atoms with Crippen molar-refractivity contribution in [2.75, 3.05) is 6.61 Å². The maximum absolute atomic E-state index is 13.3. The third-order valence-corrected chi connectivity index (χ3v) is 3.83. The molecule has 0 aliphatic heterocycles. The minimum absolute atomic E-state index is 0.140. The monoisotopic (exact) mass is 352 g/mol. The van der Waals surface area contributed by atoms with Gasteiger partial charge in [-0.15, -0.1) is 6.58 Å². The van der Waals surface area contributed by atoms with E-state index in [0.717, 1.165) is 5.57 Å². The topological polar surface area (TPSA) is 87.0 Å². The number of hydrogen-bond acceptors (Lipinski definition) is 5. The maximum Gasteiger partial charge on any atom is 0.335 e. The van der Waals surface area contributed by atoms with E-state index < -0.39 is 35.7 Å². The molecule has 138 valence electrons. The molecule has 0 aliphatic carbocycles. The minimum atomic E-state index is -1.47. The van der Waals surface area contributed by atoms with Gasteiger partial charge in [0.1, 0.15) is 0 Å². The molecule has 1 aromatic rings. The van der Waals surface area contributed by atoms with E-state index in [1.165, 1.54) is 18.2 Å². The van der Waals surface area contributed by atoms with Gasteiger partial charge in [0.15, 0.2) is 17.7 Å². The molecule has 0 bridgehead atoms. The quantitative estimate of drug-likeness (QED) is 0.470. The van der Waals surface area contributed by atoms with Gasteiger partial charge in [0, 0.05) is 5.92 Å². The molecule has 0 amide bonds. The first-order chi connectivity index (χ1) is 11.8. The Bertz CT molecular complexity index is 626. The molecule has 0 heterocycles. The van der Waals surface area contributed by atoms with Crippen LogP contribution in [0, 0.1) is 11.7 Å². The van der Waals surface area contributed by atoms with Crippen LogP contribution in [0.1, 0.15) is 32.3 Å². The van der Waals surface area contributed by atoms with Crippen LogP contribution in [-0.4, -0.2) is 40.1 Å². The lowest BCUT2D eigenvalue weighted by molar-refractivity contribution is -0.157. The number of phenolic OH excluding ortho intramolecular Hbond substituents is 1. The number of aliphatic hydroxyl groups excluding tert-OH is 2. The Labute approximate surface area is 147 Å². The molecule has 25 heavy (non-hydrogen) atoms. The van der Waals surface area contributed by atoms with Crippen molar-refractivity contribution >= 4 is 12.0 Å². The number of phenols is 1. The largest absolute Gasteiger partial charge is 0.505 e. The summed E-state index contributed by atoms with van der Waals surface area (Å²) in [6, 6.07) is 4.06. The summed E-state index contributed by atoms with van der Waals surface area (Å²) in [6.07, 6.45) is 1.39. The number of esters is 1. The van der Waals surface area contributed by atoms with Gasteiger partial charge in [0.05, 0.1) is 12.7 Å². The molecule has 1 rings (SSSR count). The van der Waals surface area contributed by atoms with E-state index in [2.05, 4.69) is 6.58 Å². The van der Waals surface area contributed by atoms with Crippen molar-refractivity contribution in [2.24, 2.45) is 5.92 Å². The molecule has 0 aliphatic rings. The predicted molar refractivity (Wildman–Crippen MR) is 93.3 cm³/mol. The molecule has 5 nitrogen and oxygen atoms in total. The van der Waals surface area contributed by atoms with E-state index in [4.69, 9.17) is 4.74 Å². The Hall–Kier alpha value is -2.18. The molecule has 0 spiro atoms. The van der Waals surface area contributed by atoms with Gasteiger partial charge in [-0.25, -0.2) is 9.18 Å². The van der Waals surface area contributed by atoms with E-state index in [9.17, 15) is 24.5 Å². The summed E-state index contributed by atoms with van der Waals surface area (Å²) in [7, 11) is 0.